The zero-order valence-electron chi connectivity index (χ0n) is 15.4. The Morgan fingerprint density at radius 1 is 1.46 bits per heavy atom. The van der Waals surface area contributed by atoms with Gasteiger partial charge in [-0.25, -0.2) is 9.97 Å². The molecule has 0 bridgehead atoms. The first-order valence-electron chi connectivity index (χ1n) is 8.72. The van der Waals surface area contributed by atoms with E-state index in [1.807, 2.05) is 11.6 Å². The summed E-state index contributed by atoms with van der Waals surface area (Å²) in [6.07, 6.45) is 3.96. The van der Waals surface area contributed by atoms with Crippen molar-refractivity contribution in [3.8, 4) is 6.07 Å². The first-order valence-corrected chi connectivity index (χ1v) is 10.8. The summed E-state index contributed by atoms with van der Waals surface area (Å²) in [7, 11) is 1.64. The lowest BCUT2D eigenvalue weighted by atomic mass is 10.1. The van der Waals surface area contributed by atoms with Gasteiger partial charge < -0.3 is 9.88 Å². The fourth-order valence-electron chi connectivity index (χ4n) is 3.05. The van der Waals surface area contributed by atoms with Crippen molar-refractivity contribution < 1.29 is 4.79 Å². The fraction of sp³-hybridized carbons (Fsp3) is 0.316. The van der Waals surface area contributed by atoms with Gasteiger partial charge in [0.15, 0.2) is 0 Å². The Morgan fingerprint density at radius 3 is 2.93 bits per heavy atom. The van der Waals surface area contributed by atoms with Crippen LogP contribution in [0, 0.1) is 11.3 Å². The number of amides is 1. The lowest BCUT2D eigenvalue weighted by Crippen LogP contribution is -2.29. The SMILES string of the molecule is CSc1nc(C2CC2)cc(C(=O)N(C)Cc2nc3ccsc3c(=O)[nH]2)c1C#N. The van der Waals surface area contributed by atoms with Crippen molar-refractivity contribution in [3.05, 3.63) is 50.5 Å². The van der Waals surface area contributed by atoms with Crippen molar-refractivity contribution in [1.82, 2.24) is 19.9 Å². The maximum absolute atomic E-state index is 13.1. The van der Waals surface area contributed by atoms with Gasteiger partial charge in [0, 0.05) is 18.7 Å². The number of thiophene rings is 1. The molecule has 3 heterocycles. The van der Waals surface area contributed by atoms with Crippen LogP contribution < -0.4 is 5.56 Å². The molecule has 0 aliphatic heterocycles. The number of thioether (sulfide) groups is 1. The Hall–Kier alpha value is -2.70. The Balaban J connectivity index is 1.67. The topological polar surface area (TPSA) is 103 Å². The van der Waals surface area contributed by atoms with Crippen molar-refractivity contribution in [3.63, 3.8) is 0 Å². The molecule has 1 amide bonds. The molecule has 0 aromatic carbocycles. The minimum absolute atomic E-state index is 0.139. The first-order chi connectivity index (χ1) is 13.5. The number of nitrogens with one attached hydrogen (secondary N) is 1. The monoisotopic (exact) mass is 411 g/mol. The second-order valence-corrected chi connectivity index (χ2v) is 8.38. The molecule has 1 aliphatic rings. The van der Waals surface area contributed by atoms with Crippen LogP contribution in [0.1, 0.15) is 46.2 Å². The summed E-state index contributed by atoms with van der Waals surface area (Å²) >= 11 is 2.70. The molecule has 0 spiro atoms. The Labute approximate surface area is 169 Å². The molecule has 0 unspecified atom stereocenters. The normalized spacial score (nSPS) is 13.5. The number of aromatic nitrogens is 3. The summed E-state index contributed by atoms with van der Waals surface area (Å²) in [5.41, 5.74) is 1.92. The standard InChI is InChI=1S/C19H17N5O2S2/c1-24(9-15-21-13-5-6-28-16(13)17(25)23-15)19(26)11-7-14(10-3-4-10)22-18(27-2)12(11)8-20/h5-7,10H,3-4,9H2,1-2H3,(H,21,23,25). The van der Waals surface area contributed by atoms with E-state index in [0.717, 1.165) is 18.5 Å². The number of H-pyrrole nitrogens is 1. The number of carbonyl (C=O) groups is 1. The molecule has 4 rings (SSSR count). The summed E-state index contributed by atoms with van der Waals surface area (Å²) in [5.74, 6) is 0.491. The van der Waals surface area contributed by atoms with Gasteiger partial charge >= 0.3 is 0 Å². The maximum atomic E-state index is 13.1. The number of rotatable bonds is 5. The van der Waals surface area contributed by atoms with E-state index < -0.39 is 0 Å². The molecule has 7 nitrogen and oxygen atoms in total. The fourth-order valence-corrected chi connectivity index (χ4v) is 4.33. The van der Waals surface area contributed by atoms with Gasteiger partial charge in [-0.3, -0.25) is 9.59 Å². The van der Waals surface area contributed by atoms with Crippen LogP contribution in [0.2, 0.25) is 0 Å². The van der Waals surface area contributed by atoms with E-state index in [-0.39, 0.29) is 18.0 Å². The molecular formula is C19H17N5O2S2. The van der Waals surface area contributed by atoms with E-state index in [2.05, 4.69) is 21.0 Å². The highest BCUT2D eigenvalue weighted by Crippen LogP contribution is 2.40. The van der Waals surface area contributed by atoms with Crippen molar-refractivity contribution in [2.45, 2.75) is 30.3 Å². The highest BCUT2D eigenvalue weighted by atomic mass is 32.2. The summed E-state index contributed by atoms with van der Waals surface area (Å²) in [6.45, 7) is 0.139. The maximum Gasteiger partial charge on any atom is 0.268 e. The van der Waals surface area contributed by atoms with Gasteiger partial charge in [0.25, 0.3) is 11.5 Å². The summed E-state index contributed by atoms with van der Waals surface area (Å²) in [4.78, 5) is 38.4. The van der Waals surface area contributed by atoms with Crippen LogP contribution >= 0.6 is 23.1 Å². The predicted molar refractivity (Wildman–Crippen MR) is 109 cm³/mol. The quantitative estimate of drug-likeness (QED) is 0.647. The van der Waals surface area contributed by atoms with Crippen molar-refractivity contribution in [1.29, 1.82) is 5.26 Å². The van der Waals surface area contributed by atoms with Crippen molar-refractivity contribution >= 4 is 39.2 Å². The third-order valence-electron chi connectivity index (χ3n) is 4.63. The Bertz CT molecular complexity index is 1170. The molecule has 0 atom stereocenters. The number of hydrogen-bond acceptors (Lipinski definition) is 7. The van der Waals surface area contributed by atoms with Crippen LogP contribution in [0.3, 0.4) is 0 Å². The number of nitrogens with zero attached hydrogens (tertiary/aromatic N) is 4. The number of fused-ring (bicyclic) bond motifs is 1. The lowest BCUT2D eigenvalue weighted by molar-refractivity contribution is 0.0780. The number of carbonyl (C=O) groups excluding carboxylic acids is 1. The molecule has 142 valence electrons. The zero-order chi connectivity index (χ0) is 19.8. The van der Waals surface area contributed by atoms with Crippen molar-refractivity contribution in [2.75, 3.05) is 13.3 Å². The number of aromatic amines is 1. The number of nitriles is 1. The van der Waals surface area contributed by atoms with E-state index >= 15 is 0 Å². The summed E-state index contributed by atoms with van der Waals surface area (Å²) in [5, 5.41) is 12.0. The highest BCUT2D eigenvalue weighted by Gasteiger charge is 2.29. The second kappa shape index (κ2) is 7.37. The van der Waals surface area contributed by atoms with E-state index in [1.165, 1.54) is 28.0 Å². The average molecular weight is 412 g/mol. The average Bonchev–Trinajstić information content (AvgIpc) is 3.43. The minimum Gasteiger partial charge on any atom is -0.334 e. The van der Waals surface area contributed by atoms with Gasteiger partial charge in [0.05, 0.1) is 23.2 Å². The third-order valence-corrected chi connectivity index (χ3v) is 6.22. The van der Waals surface area contributed by atoms with Gasteiger partial charge in [-0.2, -0.15) is 5.26 Å². The van der Waals surface area contributed by atoms with Gasteiger partial charge in [-0.15, -0.1) is 23.1 Å². The van der Waals surface area contributed by atoms with Gasteiger partial charge in [-0.05, 0) is 36.6 Å². The molecule has 1 saturated carbocycles. The Kier molecular flexibility index (Phi) is 4.91. The molecule has 28 heavy (non-hydrogen) atoms. The van der Waals surface area contributed by atoms with Crippen LogP contribution in [0.5, 0.6) is 0 Å². The molecule has 0 radical (unpaired) electrons. The largest absolute Gasteiger partial charge is 0.334 e. The van der Waals surface area contributed by atoms with E-state index in [0.29, 0.717) is 38.1 Å². The summed E-state index contributed by atoms with van der Waals surface area (Å²) < 4.78 is 0.567. The molecule has 3 aromatic rings. The van der Waals surface area contributed by atoms with Crippen LogP contribution in [-0.4, -0.2) is 39.1 Å². The third kappa shape index (κ3) is 3.41. The minimum atomic E-state index is -0.288. The molecule has 0 saturated heterocycles. The van der Waals surface area contributed by atoms with Gasteiger partial charge in [0.2, 0.25) is 0 Å². The van der Waals surface area contributed by atoms with E-state index in [4.69, 9.17) is 0 Å². The molecule has 1 aliphatic carbocycles. The van der Waals surface area contributed by atoms with Gasteiger partial charge in [-0.1, -0.05) is 0 Å². The lowest BCUT2D eigenvalue weighted by Gasteiger charge is -2.18. The Morgan fingerprint density at radius 2 is 2.25 bits per heavy atom. The summed E-state index contributed by atoms with van der Waals surface area (Å²) in [6, 6.07) is 5.65. The van der Waals surface area contributed by atoms with Gasteiger partial charge in [0.1, 0.15) is 21.6 Å². The molecule has 3 aromatic heterocycles. The molecule has 1 fully saturated rings. The molecule has 9 heteroatoms. The number of pyridine rings is 1. The molecular weight excluding hydrogens is 394 g/mol. The van der Waals surface area contributed by atoms with E-state index in [9.17, 15) is 14.9 Å². The van der Waals surface area contributed by atoms with Crippen LogP contribution in [0.15, 0.2) is 27.3 Å². The van der Waals surface area contributed by atoms with Crippen LogP contribution in [-0.2, 0) is 6.54 Å². The molecule has 1 N–H and O–H groups in total. The predicted octanol–water partition coefficient (Wildman–Crippen LogP) is 3.12. The van der Waals surface area contributed by atoms with Crippen LogP contribution in [0.25, 0.3) is 10.2 Å². The highest BCUT2D eigenvalue weighted by molar-refractivity contribution is 7.98. The second-order valence-electron chi connectivity index (χ2n) is 6.67. The number of hydrogen-bond donors (Lipinski definition) is 1. The first kappa shape index (κ1) is 18.7. The zero-order valence-corrected chi connectivity index (χ0v) is 17.0. The van der Waals surface area contributed by atoms with Crippen LogP contribution in [0.4, 0.5) is 0 Å². The van der Waals surface area contributed by atoms with E-state index in [1.54, 1.807) is 19.2 Å². The van der Waals surface area contributed by atoms with Crippen molar-refractivity contribution in [2.24, 2.45) is 0 Å². The smallest absolute Gasteiger partial charge is 0.268 e.